The third kappa shape index (κ3) is 6.08. The van der Waals surface area contributed by atoms with Crippen molar-refractivity contribution in [2.75, 3.05) is 19.5 Å². The van der Waals surface area contributed by atoms with Gasteiger partial charge in [0.25, 0.3) is 0 Å². The van der Waals surface area contributed by atoms with E-state index >= 15 is 0 Å². The standard InChI is InChI=1S/C18H18F3N3O4/c1-26-15-9-11(3-8-14(15)16(25)27-2)10-23-17(22)24-12-4-6-13(7-5-12)28-18(19,20)21/h3-9H,10H2,1-2H3,(H3,22,23,24). The molecule has 0 aliphatic rings. The van der Waals surface area contributed by atoms with Crippen LogP contribution in [-0.2, 0) is 11.3 Å². The van der Waals surface area contributed by atoms with Gasteiger partial charge >= 0.3 is 12.3 Å². The van der Waals surface area contributed by atoms with Gasteiger partial charge in [-0.25, -0.2) is 9.79 Å². The number of ether oxygens (including phenoxy) is 3. The first-order valence-corrected chi connectivity index (χ1v) is 7.90. The molecule has 150 valence electrons. The molecule has 2 aromatic carbocycles. The monoisotopic (exact) mass is 397 g/mol. The molecule has 0 spiro atoms. The zero-order valence-corrected chi connectivity index (χ0v) is 15.0. The Hall–Kier alpha value is -3.43. The molecule has 3 N–H and O–H groups in total. The molecule has 10 heteroatoms. The van der Waals surface area contributed by atoms with Gasteiger partial charge in [-0.2, -0.15) is 0 Å². The van der Waals surface area contributed by atoms with Crippen LogP contribution in [0, 0.1) is 0 Å². The number of nitrogens with two attached hydrogens (primary N) is 1. The number of nitrogens with one attached hydrogen (secondary N) is 1. The Bertz CT molecular complexity index is 852. The molecule has 0 saturated carbocycles. The fourth-order valence-electron chi connectivity index (χ4n) is 2.22. The van der Waals surface area contributed by atoms with Crippen molar-refractivity contribution in [2.24, 2.45) is 10.7 Å². The molecule has 0 bridgehead atoms. The maximum Gasteiger partial charge on any atom is 0.573 e. The molecule has 28 heavy (non-hydrogen) atoms. The van der Waals surface area contributed by atoms with Crippen LogP contribution < -0.4 is 20.5 Å². The summed E-state index contributed by atoms with van der Waals surface area (Å²) < 4.78 is 50.1. The summed E-state index contributed by atoms with van der Waals surface area (Å²) in [6.45, 7) is 0.186. The summed E-state index contributed by atoms with van der Waals surface area (Å²) in [5.74, 6) is -0.468. The molecule has 0 fully saturated rings. The maximum absolute atomic E-state index is 12.1. The van der Waals surface area contributed by atoms with Crippen LogP contribution in [0.3, 0.4) is 0 Å². The molecule has 0 aliphatic heterocycles. The Labute approximate surface area is 158 Å². The highest BCUT2D eigenvalue weighted by molar-refractivity contribution is 5.93. The SMILES string of the molecule is COC(=O)c1ccc(CN=C(N)Nc2ccc(OC(F)(F)F)cc2)cc1OC. The van der Waals surface area contributed by atoms with Gasteiger partial charge in [0.1, 0.15) is 17.1 Å². The highest BCUT2D eigenvalue weighted by Gasteiger charge is 2.30. The van der Waals surface area contributed by atoms with Crippen molar-refractivity contribution in [1.82, 2.24) is 0 Å². The van der Waals surface area contributed by atoms with Gasteiger partial charge in [-0.05, 0) is 42.0 Å². The van der Waals surface area contributed by atoms with E-state index in [1.807, 2.05) is 0 Å². The van der Waals surface area contributed by atoms with Crippen molar-refractivity contribution in [1.29, 1.82) is 0 Å². The summed E-state index contributed by atoms with van der Waals surface area (Å²) in [5.41, 5.74) is 7.23. The molecule has 7 nitrogen and oxygen atoms in total. The number of benzene rings is 2. The molecule has 2 aromatic rings. The third-order valence-corrected chi connectivity index (χ3v) is 3.46. The zero-order chi connectivity index (χ0) is 20.7. The lowest BCUT2D eigenvalue weighted by Gasteiger charge is -2.10. The summed E-state index contributed by atoms with van der Waals surface area (Å²) in [4.78, 5) is 15.8. The Morgan fingerprint density at radius 1 is 1.14 bits per heavy atom. The second-order valence-electron chi connectivity index (χ2n) is 5.42. The number of alkyl halides is 3. The van der Waals surface area contributed by atoms with Crippen LogP contribution in [0.5, 0.6) is 11.5 Å². The van der Waals surface area contributed by atoms with E-state index in [2.05, 4.69) is 19.8 Å². The van der Waals surface area contributed by atoms with Gasteiger partial charge in [-0.3, -0.25) is 0 Å². The minimum absolute atomic E-state index is 0.0560. The lowest BCUT2D eigenvalue weighted by molar-refractivity contribution is -0.274. The second kappa shape index (κ2) is 8.98. The van der Waals surface area contributed by atoms with Crippen LogP contribution in [-0.4, -0.2) is 32.5 Å². The number of hydrogen-bond acceptors (Lipinski definition) is 5. The second-order valence-corrected chi connectivity index (χ2v) is 5.42. The normalized spacial score (nSPS) is 11.7. The smallest absolute Gasteiger partial charge is 0.496 e. The number of hydrogen-bond donors (Lipinski definition) is 2. The molecular formula is C18H18F3N3O4. The van der Waals surface area contributed by atoms with Gasteiger partial charge in [-0.15, -0.1) is 13.2 Å². The lowest BCUT2D eigenvalue weighted by atomic mass is 10.1. The van der Waals surface area contributed by atoms with E-state index in [0.717, 1.165) is 17.7 Å². The summed E-state index contributed by atoms with van der Waals surface area (Å²) in [6.07, 6.45) is -4.75. The lowest BCUT2D eigenvalue weighted by Crippen LogP contribution is -2.22. The predicted octanol–water partition coefficient (Wildman–Crippen LogP) is 3.31. The number of guanidine groups is 1. The van der Waals surface area contributed by atoms with Gasteiger partial charge in [0, 0.05) is 5.69 Å². The number of nitrogens with zero attached hydrogens (tertiary/aromatic N) is 1. The van der Waals surface area contributed by atoms with Gasteiger partial charge < -0.3 is 25.3 Å². The number of esters is 1. The van der Waals surface area contributed by atoms with Crippen molar-refractivity contribution in [2.45, 2.75) is 12.9 Å². The average Bonchev–Trinajstić information content (AvgIpc) is 2.66. The van der Waals surface area contributed by atoms with E-state index in [4.69, 9.17) is 10.5 Å². The minimum Gasteiger partial charge on any atom is -0.496 e. The van der Waals surface area contributed by atoms with Crippen LogP contribution >= 0.6 is 0 Å². The van der Waals surface area contributed by atoms with Gasteiger partial charge in [-0.1, -0.05) is 6.07 Å². The Kier molecular flexibility index (Phi) is 6.69. The zero-order valence-electron chi connectivity index (χ0n) is 15.0. The average molecular weight is 397 g/mol. The molecule has 0 amide bonds. The van der Waals surface area contributed by atoms with E-state index in [1.54, 1.807) is 18.2 Å². The van der Waals surface area contributed by atoms with Gasteiger partial charge in [0.15, 0.2) is 5.96 Å². The molecular weight excluding hydrogens is 379 g/mol. The highest BCUT2D eigenvalue weighted by atomic mass is 19.4. The summed E-state index contributed by atoms with van der Waals surface area (Å²) >= 11 is 0. The number of aliphatic imine (C=N–C) groups is 1. The molecule has 0 saturated heterocycles. The number of halogens is 3. The number of methoxy groups -OCH3 is 2. The highest BCUT2D eigenvalue weighted by Crippen LogP contribution is 2.24. The van der Waals surface area contributed by atoms with Crippen molar-refractivity contribution in [3.63, 3.8) is 0 Å². The predicted molar refractivity (Wildman–Crippen MR) is 96.4 cm³/mol. The molecule has 0 atom stereocenters. The summed E-state index contributed by atoms with van der Waals surface area (Å²) in [5, 5.41) is 2.76. The van der Waals surface area contributed by atoms with E-state index < -0.39 is 12.3 Å². The van der Waals surface area contributed by atoms with Crippen LogP contribution in [0.4, 0.5) is 18.9 Å². The fraction of sp³-hybridized carbons (Fsp3) is 0.222. The first-order valence-electron chi connectivity index (χ1n) is 7.90. The Balaban J connectivity index is 2.01. The Morgan fingerprint density at radius 3 is 2.39 bits per heavy atom. The van der Waals surface area contributed by atoms with Crippen LogP contribution in [0.2, 0.25) is 0 Å². The first-order chi connectivity index (χ1) is 13.2. The van der Waals surface area contributed by atoms with Gasteiger partial charge in [0.2, 0.25) is 0 Å². The molecule has 0 unspecified atom stereocenters. The maximum atomic E-state index is 12.1. The molecule has 0 aliphatic carbocycles. The molecule has 0 heterocycles. The van der Waals surface area contributed by atoms with Crippen molar-refractivity contribution in [3.8, 4) is 11.5 Å². The molecule has 0 aromatic heterocycles. The number of carbonyl (C=O) groups is 1. The minimum atomic E-state index is -4.75. The van der Waals surface area contributed by atoms with Crippen molar-refractivity contribution in [3.05, 3.63) is 53.6 Å². The number of anilines is 1. The van der Waals surface area contributed by atoms with Crippen LogP contribution in [0.15, 0.2) is 47.5 Å². The number of carbonyl (C=O) groups excluding carboxylic acids is 1. The largest absolute Gasteiger partial charge is 0.573 e. The van der Waals surface area contributed by atoms with E-state index in [1.165, 1.54) is 26.4 Å². The van der Waals surface area contributed by atoms with Crippen molar-refractivity contribution >= 4 is 17.6 Å². The van der Waals surface area contributed by atoms with Crippen LogP contribution in [0.1, 0.15) is 15.9 Å². The summed E-state index contributed by atoms with van der Waals surface area (Å²) in [6, 6.07) is 9.91. The van der Waals surface area contributed by atoms with E-state index in [-0.39, 0.29) is 23.8 Å². The van der Waals surface area contributed by atoms with E-state index in [9.17, 15) is 18.0 Å². The van der Waals surface area contributed by atoms with E-state index in [0.29, 0.717) is 11.4 Å². The van der Waals surface area contributed by atoms with Crippen molar-refractivity contribution < 1.29 is 32.2 Å². The topological polar surface area (TPSA) is 95.2 Å². The fourth-order valence-corrected chi connectivity index (χ4v) is 2.22. The Morgan fingerprint density at radius 2 is 1.82 bits per heavy atom. The molecule has 0 radical (unpaired) electrons. The van der Waals surface area contributed by atoms with Gasteiger partial charge in [0.05, 0.1) is 20.8 Å². The third-order valence-electron chi connectivity index (χ3n) is 3.46. The molecule has 2 rings (SSSR count). The first kappa shape index (κ1) is 20.9. The van der Waals surface area contributed by atoms with Crippen LogP contribution in [0.25, 0.3) is 0 Å². The quantitative estimate of drug-likeness (QED) is 0.441. The summed E-state index contributed by atoms with van der Waals surface area (Å²) in [7, 11) is 2.70. The number of rotatable bonds is 6.